The van der Waals surface area contributed by atoms with E-state index in [0.717, 1.165) is 23.8 Å². The van der Waals surface area contributed by atoms with Crippen molar-refractivity contribution in [3.8, 4) is 17.2 Å². The van der Waals surface area contributed by atoms with Gasteiger partial charge in [0.25, 0.3) is 0 Å². The third kappa shape index (κ3) is 2.62. The molecule has 1 aromatic rings. The van der Waals surface area contributed by atoms with Gasteiger partial charge in [0, 0.05) is 12.6 Å². The number of hydrogen-bond acceptors (Lipinski definition) is 5. The quantitative estimate of drug-likeness (QED) is 0.813. The summed E-state index contributed by atoms with van der Waals surface area (Å²) in [6.07, 6.45) is 2.66. The standard InChI is InChI=1S/C14H20N2O3/c1-17-12-4-10(5-13-14(12)19-8-18-13)11(6-15)16-7-9-2-3-9/h4-5,9,11,16H,2-3,6-8,15H2,1H3. The Morgan fingerprint density at radius 2 is 2.26 bits per heavy atom. The summed E-state index contributed by atoms with van der Waals surface area (Å²) in [5.74, 6) is 2.95. The Labute approximate surface area is 113 Å². The van der Waals surface area contributed by atoms with E-state index in [0.29, 0.717) is 18.0 Å². The summed E-state index contributed by atoms with van der Waals surface area (Å²) in [4.78, 5) is 0. The molecule has 3 rings (SSSR count). The molecule has 1 aliphatic carbocycles. The molecule has 1 aromatic carbocycles. The summed E-state index contributed by atoms with van der Waals surface area (Å²) < 4.78 is 16.2. The van der Waals surface area contributed by atoms with Gasteiger partial charge in [-0.1, -0.05) is 0 Å². The summed E-state index contributed by atoms with van der Waals surface area (Å²) in [6.45, 7) is 1.83. The largest absolute Gasteiger partial charge is 0.493 e. The van der Waals surface area contributed by atoms with Gasteiger partial charge in [0.15, 0.2) is 11.5 Å². The minimum Gasteiger partial charge on any atom is -0.493 e. The fraction of sp³-hybridized carbons (Fsp3) is 0.571. The number of fused-ring (bicyclic) bond motifs is 1. The van der Waals surface area contributed by atoms with Crippen LogP contribution >= 0.6 is 0 Å². The van der Waals surface area contributed by atoms with Crippen LogP contribution in [0.25, 0.3) is 0 Å². The van der Waals surface area contributed by atoms with Gasteiger partial charge in [0.2, 0.25) is 12.5 Å². The number of methoxy groups -OCH3 is 1. The molecule has 1 atom stereocenters. The minimum absolute atomic E-state index is 0.129. The molecular weight excluding hydrogens is 244 g/mol. The van der Waals surface area contributed by atoms with E-state index >= 15 is 0 Å². The Morgan fingerprint density at radius 1 is 1.42 bits per heavy atom. The molecule has 5 nitrogen and oxygen atoms in total. The average Bonchev–Trinajstić information content (AvgIpc) is 3.14. The minimum atomic E-state index is 0.129. The molecule has 1 aliphatic heterocycles. The summed E-state index contributed by atoms with van der Waals surface area (Å²) in [6, 6.07) is 4.09. The fourth-order valence-electron chi connectivity index (χ4n) is 2.32. The first-order valence-electron chi connectivity index (χ1n) is 6.72. The maximum atomic E-state index is 5.87. The van der Waals surface area contributed by atoms with Crippen molar-refractivity contribution in [2.24, 2.45) is 11.7 Å². The monoisotopic (exact) mass is 264 g/mol. The van der Waals surface area contributed by atoms with Crippen molar-refractivity contribution in [3.63, 3.8) is 0 Å². The zero-order valence-corrected chi connectivity index (χ0v) is 11.1. The highest BCUT2D eigenvalue weighted by atomic mass is 16.7. The Kier molecular flexibility index (Phi) is 3.48. The van der Waals surface area contributed by atoms with E-state index in [1.165, 1.54) is 12.8 Å². The van der Waals surface area contributed by atoms with Crippen molar-refractivity contribution in [1.29, 1.82) is 0 Å². The highest BCUT2D eigenvalue weighted by Gasteiger charge is 2.25. The average molecular weight is 264 g/mol. The first-order valence-corrected chi connectivity index (χ1v) is 6.72. The third-order valence-corrected chi connectivity index (χ3v) is 3.67. The van der Waals surface area contributed by atoms with Crippen molar-refractivity contribution in [3.05, 3.63) is 17.7 Å². The SMILES string of the molecule is COc1cc(C(CN)NCC2CC2)cc2c1OCO2. The lowest BCUT2D eigenvalue weighted by Gasteiger charge is -2.18. The Morgan fingerprint density at radius 3 is 2.95 bits per heavy atom. The topological polar surface area (TPSA) is 65.7 Å². The van der Waals surface area contributed by atoms with Gasteiger partial charge in [-0.3, -0.25) is 0 Å². The van der Waals surface area contributed by atoms with Crippen molar-refractivity contribution >= 4 is 0 Å². The zero-order valence-electron chi connectivity index (χ0n) is 11.1. The molecular formula is C14H20N2O3. The number of hydrogen-bond donors (Lipinski definition) is 2. The summed E-state index contributed by atoms with van der Waals surface area (Å²) in [7, 11) is 1.64. The lowest BCUT2D eigenvalue weighted by Crippen LogP contribution is -2.29. The van der Waals surface area contributed by atoms with Crippen molar-refractivity contribution in [2.75, 3.05) is 27.0 Å². The van der Waals surface area contributed by atoms with E-state index in [4.69, 9.17) is 19.9 Å². The normalized spacial score (nSPS) is 18.4. The van der Waals surface area contributed by atoms with Gasteiger partial charge in [-0.05, 0) is 43.0 Å². The van der Waals surface area contributed by atoms with Gasteiger partial charge in [-0.25, -0.2) is 0 Å². The Hall–Kier alpha value is -1.46. The van der Waals surface area contributed by atoms with Crippen molar-refractivity contribution in [1.82, 2.24) is 5.32 Å². The molecule has 19 heavy (non-hydrogen) atoms. The zero-order chi connectivity index (χ0) is 13.2. The van der Waals surface area contributed by atoms with Gasteiger partial charge in [-0.15, -0.1) is 0 Å². The van der Waals surface area contributed by atoms with E-state index in [1.54, 1.807) is 7.11 Å². The first-order chi connectivity index (χ1) is 9.31. The number of benzene rings is 1. The van der Waals surface area contributed by atoms with E-state index in [2.05, 4.69) is 5.32 Å². The molecule has 0 amide bonds. The van der Waals surface area contributed by atoms with Crippen LogP contribution in [-0.4, -0.2) is 27.0 Å². The number of ether oxygens (including phenoxy) is 3. The molecule has 0 radical (unpaired) electrons. The summed E-state index contributed by atoms with van der Waals surface area (Å²) in [5, 5.41) is 3.51. The highest BCUT2D eigenvalue weighted by Crippen LogP contribution is 2.43. The van der Waals surface area contributed by atoms with Crippen LogP contribution in [0.3, 0.4) is 0 Å². The lowest BCUT2D eigenvalue weighted by atomic mass is 10.1. The lowest BCUT2D eigenvalue weighted by molar-refractivity contribution is 0.171. The molecule has 3 N–H and O–H groups in total. The second kappa shape index (κ2) is 5.27. The van der Waals surface area contributed by atoms with Crippen LogP contribution < -0.4 is 25.3 Å². The van der Waals surface area contributed by atoms with Crippen LogP contribution in [0, 0.1) is 5.92 Å². The molecule has 1 unspecified atom stereocenters. The third-order valence-electron chi connectivity index (χ3n) is 3.67. The van der Waals surface area contributed by atoms with E-state index < -0.39 is 0 Å². The molecule has 2 aliphatic rings. The summed E-state index contributed by atoms with van der Waals surface area (Å²) >= 11 is 0. The van der Waals surface area contributed by atoms with Crippen LogP contribution in [-0.2, 0) is 0 Å². The van der Waals surface area contributed by atoms with E-state index in [-0.39, 0.29) is 12.8 Å². The Bertz CT molecular complexity index is 460. The molecule has 0 bridgehead atoms. The van der Waals surface area contributed by atoms with E-state index in [1.807, 2.05) is 12.1 Å². The fourth-order valence-corrected chi connectivity index (χ4v) is 2.32. The van der Waals surface area contributed by atoms with Gasteiger partial charge < -0.3 is 25.3 Å². The molecule has 0 saturated heterocycles. The Balaban J connectivity index is 1.81. The van der Waals surface area contributed by atoms with Crippen LogP contribution in [0.1, 0.15) is 24.4 Å². The molecule has 104 valence electrons. The number of rotatable bonds is 6. The van der Waals surface area contributed by atoms with Crippen molar-refractivity contribution in [2.45, 2.75) is 18.9 Å². The van der Waals surface area contributed by atoms with Crippen LogP contribution in [0.4, 0.5) is 0 Å². The molecule has 0 aromatic heterocycles. The van der Waals surface area contributed by atoms with Crippen molar-refractivity contribution < 1.29 is 14.2 Å². The highest BCUT2D eigenvalue weighted by molar-refractivity contribution is 5.55. The predicted octanol–water partition coefficient (Wildman–Crippen LogP) is 1.42. The molecule has 1 heterocycles. The first kappa shape index (κ1) is 12.6. The molecule has 1 fully saturated rings. The predicted molar refractivity (Wildman–Crippen MR) is 71.6 cm³/mol. The number of nitrogens with one attached hydrogen (secondary N) is 1. The molecule has 5 heteroatoms. The van der Waals surface area contributed by atoms with Gasteiger partial charge >= 0.3 is 0 Å². The van der Waals surface area contributed by atoms with Gasteiger partial charge in [0.05, 0.1) is 7.11 Å². The maximum absolute atomic E-state index is 5.87. The molecule has 0 spiro atoms. The van der Waals surface area contributed by atoms with Crippen LogP contribution in [0.5, 0.6) is 17.2 Å². The second-order valence-electron chi connectivity index (χ2n) is 5.10. The van der Waals surface area contributed by atoms with Crippen LogP contribution in [0.2, 0.25) is 0 Å². The second-order valence-corrected chi connectivity index (χ2v) is 5.10. The summed E-state index contributed by atoms with van der Waals surface area (Å²) in [5.41, 5.74) is 6.96. The van der Waals surface area contributed by atoms with Gasteiger partial charge in [0.1, 0.15) is 0 Å². The van der Waals surface area contributed by atoms with Crippen LogP contribution in [0.15, 0.2) is 12.1 Å². The van der Waals surface area contributed by atoms with Gasteiger partial charge in [-0.2, -0.15) is 0 Å². The molecule has 1 saturated carbocycles. The van der Waals surface area contributed by atoms with E-state index in [9.17, 15) is 0 Å². The smallest absolute Gasteiger partial charge is 0.231 e. The number of nitrogens with two attached hydrogens (primary N) is 1. The maximum Gasteiger partial charge on any atom is 0.231 e.